The van der Waals surface area contributed by atoms with Crippen molar-refractivity contribution in [2.24, 2.45) is 0 Å². The molecule has 2 aromatic rings. The van der Waals surface area contributed by atoms with E-state index < -0.39 is 0 Å². The first-order valence-corrected chi connectivity index (χ1v) is 5.11. The number of carbonyl (C=O) groups excluding carboxylic acids is 1. The number of aromatic nitrogens is 1. The first-order chi connectivity index (χ1) is 7.31. The second-order valence-corrected chi connectivity index (χ2v) is 3.05. The zero-order valence-electron chi connectivity index (χ0n) is 9.32. The molecule has 0 saturated heterocycles. The third-order valence-corrected chi connectivity index (χ3v) is 2.12. The SMILES string of the molecule is CC.Cc1cncc2cc(C=O)ccc12. The number of carbonyl (C=O) groups is 1. The van der Waals surface area contributed by atoms with Gasteiger partial charge in [-0.1, -0.05) is 26.0 Å². The summed E-state index contributed by atoms with van der Waals surface area (Å²) in [6.45, 7) is 6.01. The number of fused-ring (bicyclic) bond motifs is 1. The summed E-state index contributed by atoms with van der Waals surface area (Å²) in [6, 6.07) is 5.63. The average molecular weight is 201 g/mol. The van der Waals surface area contributed by atoms with E-state index in [4.69, 9.17) is 0 Å². The Labute approximate surface area is 90.0 Å². The van der Waals surface area contributed by atoms with Crippen molar-refractivity contribution in [3.8, 4) is 0 Å². The maximum Gasteiger partial charge on any atom is 0.150 e. The minimum atomic E-state index is 0.694. The van der Waals surface area contributed by atoms with Crippen molar-refractivity contribution in [2.45, 2.75) is 20.8 Å². The van der Waals surface area contributed by atoms with E-state index in [9.17, 15) is 4.79 Å². The number of nitrogens with zero attached hydrogens (tertiary/aromatic N) is 1. The van der Waals surface area contributed by atoms with Crippen LogP contribution in [0.2, 0.25) is 0 Å². The van der Waals surface area contributed by atoms with Crippen LogP contribution in [0, 0.1) is 6.92 Å². The summed E-state index contributed by atoms with van der Waals surface area (Å²) in [4.78, 5) is 14.6. The van der Waals surface area contributed by atoms with E-state index in [-0.39, 0.29) is 0 Å². The van der Waals surface area contributed by atoms with Crippen LogP contribution in [-0.4, -0.2) is 11.3 Å². The quantitative estimate of drug-likeness (QED) is 0.662. The third kappa shape index (κ3) is 2.40. The highest BCUT2D eigenvalue weighted by Gasteiger charge is 1.97. The number of benzene rings is 1. The molecule has 1 aromatic carbocycles. The fourth-order valence-electron chi connectivity index (χ4n) is 1.42. The average Bonchev–Trinajstić information content (AvgIpc) is 2.31. The topological polar surface area (TPSA) is 30.0 Å². The zero-order chi connectivity index (χ0) is 11.3. The lowest BCUT2D eigenvalue weighted by Gasteiger charge is -2.00. The fraction of sp³-hybridized carbons (Fsp3) is 0.231. The Hall–Kier alpha value is -1.70. The van der Waals surface area contributed by atoms with Gasteiger partial charge < -0.3 is 0 Å². The first-order valence-electron chi connectivity index (χ1n) is 5.11. The monoisotopic (exact) mass is 201 g/mol. The molecular formula is C13H15NO. The van der Waals surface area contributed by atoms with E-state index in [0.717, 1.165) is 22.6 Å². The molecule has 1 heterocycles. The molecule has 0 spiro atoms. The van der Waals surface area contributed by atoms with Crippen LogP contribution in [0.15, 0.2) is 30.6 Å². The molecule has 0 unspecified atom stereocenters. The number of pyridine rings is 1. The van der Waals surface area contributed by atoms with Gasteiger partial charge in [-0.2, -0.15) is 0 Å². The van der Waals surface area contributed by atoms with E-state index in [1.165, 1.54) is 0 Å². The van der Waals surface area contributed by atoms with Gasteiger partial charge in [0.15, 0.2) is 0 Å². The largest absolute Gasteiger partial charge is 0.298 e. The van der Waals surface area contributed by atoms with E-state index in [2.05, 4.69) is 4.98 Å². The summed E-state index contributed by atoms with van der Waals surface area (Å²) in [5, 5.41) is 2.17. The van der Waals surface area contributed by atoms with Crippen LogP contribution in [0.25, 0.3) is 10.8 Å². The first kappa shape index (κ1) is 11.4. The molecule has 15 heavy (non-hydrogen) atoms. The fourth-order valence-corrected chi connectivity index (χ4v) is 1.42. The van der Waals surface area contributed by atoms with Gasteiger partial charge in [0, 0.05) is 23.3 Å². The maximum atomic E-state index is 10.5. The Kier molecular flexibility index (Phi) is 3.98. The third-order valence-electron chi connectivity index (χ3n) is 2.12. The molecule has 0 atom stereocenters. The standard InChI is InChI=1S/C11H9NO.C2H6/c1-8-5-12-6-10-4-9(7-13)2-3-11(8)10;1-2/h2-7H,1H3;1-2H3. The van der Waals surface area contributed by atoms with Gasteiger partial charge in [-0.25, -0.2) is 0 Å². The van der Waals surface area contributed by atoms with Crippen LogP contribution < -0.4 is 0 Å². The van der Waals surface area contributed by atoms with Gasteiger partial charge in [0.1, 0.15) is 6.29 Å². The molecule has 0 aliphatic carbocycles. The van der Waals surface area contributed by atoms with Crippen LogP contribution in [0.4, 0.5) is 0 Å². The van der Waals surface area contributed by atoms with Gasteiger partial charge in [0.2, 0.25) is 0 Å². The molecule has 0 fully saturated rings. The van der Waals surface area contributed by atoms with Crippen molar-refractivity contribution < 1.29 is 4.79 Å². The van der Waals surface area contributed by atoms with E-state index in [1.54, 1.807) is 6.20 Å². The van der Waals surface area contributed by atoms with Crippen molar-refractivity contribution in [1.82, 2.24) is 4.98 Å². The van der Waals surface area contributed by atoms with Crippen LogP contribution >= 0.6 is 0 Å². The smallest absolute Gasteiger partial charge is 0.150 e. The van der Waals surface area contributed by atoms with Crippen LogP contribution in [0.1, 0.15) is 29.8 Å². The molecule has 0 N–H and O–H groups in total. The van der Waals surface area contributed by atoms with Crippen LogP contribution in [0.5, 0.6) is 0 Å². The molecule has 78 valence electrons. The molecule has 0 radical (unpaired) electrons. The number of rotatable bonds is 1. The maximum absolute atomic E-state index is 10.5. The van der Waals surface area contributed by atoms with E-state index in [1.807, 2.05) is 45.2 Å². The summed E-state index contributed by atoms with van der Waals surface area (Å²) < 4.78 is 0. The Balaban J connectivity index is 0.000000531. The van der Waals surface area contributed by atoms with Gasteiger partial charge in [-0.3, -0.25) is 9.78 Å². The highest BCUT2D eigenvalue weighted by Crippen LogP contribution is 2.17. The van der Waals surface area contributed by atoms with E-state index >= 15 is 0 Å². The van der Waals surface area contributed by atoms with E-state index in [0.29, 0.717) is 5.56 Å². The number of aldehydes is 1. The van der Waals surface area contributed by atoms with Gasteiger partial charge in [0.05, 0.1) is 0 Å². The molecule has 0 bridgehead atoms. The summed E-state index contributed by atoms with van der Waals surface area (Å²) in [5.74, 6) is 0. The molecular weight excluding hydrogens is 186 g/mol. The lowest BCUT2D eigenvalue weighted by molar-refractivity contribution is 0.112. The molecule has 2 nitrogen and oxygen atoms in total. The predicted octanol–water partition coefficient (Wildman–Crippen LogP) is 3.38. The molecule has 1 aromatic heterocycles. The Morgan fingerprint density at radius 1 is 1.20 bits per heavy atom. The summed E-state index contributed by atoms with van der Waals surface area (Å²) in [5.41, 5.74) is 1.83. The lowest BCUT2D eigenvalue weighted by atomic mass is 10.1. The molecule has 0 aliphatic rings. The molecule has 2 heteroatoms. The van der Waals surface area contributed by atoms with Crippen molar-refractivity contribution >= 4 is 17.1 Å². The Morgan fingerprint density at radius 3 is 2.60 bits per heavy atom. The van der Waals surface area contributed by atoms with Crippen LogP contribution in [-0.2, 0) is 0 Å². The number of hydrogen-bond donors (Lipinski definition) is 0. The minimum Gasteiger partial charge on any atom is -0.298 e. The second-order valence-electron chi connectivity index (χ2n) is 3.05. The zero-order valence-corrected chi connectivity index (χ0v) is 9.32. The highest BCUT2D eigenvalue weighted by molar-refractivity contribution is 5.90. The minimum absolute atomic E-state index is 0.694. The van der Waals surface area contributed by atoms with Crippen molar-refractivity contribution in [2.75, 3.05) is 0 Å². The van der Waals surface area contributed by atoms with Gasteiger partial charge in [-0.15, -0.1) is 0 Å². The second kappa shape index (κ2) is 5.25. The Morgan fingerprint density at radius 2 is 1.93 bits per heavy atom. The number of aryl methyl sites for hydroxylation is 1. The predicted molar refractivity (Wildman–Crippen MR) is 63.2 cm³/mol. The van der Waals surface area contributed by atoms with Crippen molar-refractivity contribution in [1.29, 1.82) is 0 Å². The summed E-state index contributed by atoms with van der Waals surface area (Å²) in [6.07, 6.45) is 4.44. The van der Waals surface area contributed by atoms with Gasteiger partial charge >= 0.3 is 0 Å². The Bertz CT molecular complexity index is 463. The molecule has 0 saturated carbocycles. The highest BCUT2D eigenvalue weighted by atomic mass is 16.1. The normalized spacial score (nSPS) is 9.27. The van der Waals surface area contributed by atoms with Gasteiger partial charge in [0.25, 0.3) is 0 Å². The van der Waals surface area contributed by atoms with Crippen molar-refractivity contribution in [3.63, 3.8) is 0 Å². The molecule has 0 aliphatic heterocycles. The summed E-state index contributed by atoms with van der Waals surface area (Å²) >= 11 is 0. The van der Waals surface area contributed by atoms with Gasteiger partial charge in [-0.05, 0) is 23.9 Å². The summed E-state index contributed by atoms with van der Waals surface area (Å²) in [7, 11) is 0. The van der Waals surface area contributed by atoms with Crippen molar-refractivity contribution in [3.05, 3.63) is 41.7 Å². The van der Waals surface area contributed by atoms with Crippen LogP contribution in [0.3, 0.4) is 0 Å². The lowest BCUT2D eigenvalue weighted by Crippen LogP contribution is -1.84. The molecule has 2 rings (SSSR count). The number of hydrogen-bond acceptors (Lipinski definition) is 2. The molecule has 0 amide bonds.